The molecule has 0 saturated heterocycles. The van der Waals surface area contributed by atoms with Crippen LogP contribution < -0.4 is 15.4 Å². The number of ether oxygens (including phenoxy) is 1. The van der Waals surface area contributed by atoms with E-state index in [-0.39, 0.29) is 10.5 Å². The minimum absolute atomic E-state index is 0.0387. The van der Waals surface area contributed by atoms with E-state index >= 15 is 0 Å². The highest BCUT2D eigenvalue weighted by Crippen LogP contribution is 2.16. The molecule has 0 radical (unpaired) electrons. The lowest BCUT2D eigenvalue weighted by atomic mass is 10.2. The number of nitrogens with one attached hydrogen (secondary N) is 3. The summed E-state index contributed by atoms with van der Waals surface area (Å²) in [5.41, 5.74) is 0.469. The molecule has 0 spiro atoms. The van der Waals surface area contributed by atoms with Crippen LogP contribution in [0, 0.1) is 0 Å². The SMILES string of the molecule is CCCNC(=O)NC(=O)COC(=O)c1ccc(S(=O)(=O)Nc2ccccc2)cc1. The maximum Gasteiger partial charge on any atom is 0.338 e. The molecule has 0 aliphatic rings. The molecule has 10 heteroatoms. The topological polar surface area (TPSA) is 131 Å². The lowest BCUT2D eigenvalue weighted by Crippen LogP contribution is -2.41. The number of urea groups is 1. The number of esters is 1. The minimum atomic E-state index is -3.81. The van der Waals surface area contributed by atoms with Crippen molar-refractivity contribution < 1.29 is 27.5 Å². The first-order chi connectivity index (χ1) is 13.8. The molecule has 3 N–H and O–H groups in total. The van der Waals surface area contributed by atoms with Gasteiger partial charge in [-0.15, -0.1) is 0 Å². The van der Waals surface area contributed by atoms with Gasteiger partial charge in [-0.05, 0) is 42.8 Å². The maximum atomic E-state index is 12.4. The summed E-state index contributed by atoms with van der Waals surface area (Å²) in [5.74, 6) is -1.60. The molecule has 0 aromatic heterocycles. The van der Waals surface area contributed by atoms with Gasteiger partial charge in [-0.25, -0.2) is 18.0 Å². The Kier molecular flexibility index (Phi) is 7.72. The van der Waals surface area contributed by atoms with Crippen molar-refractivity contribution in [3.05, 3.63) is 60.2 Å². The fourth-order valence-electron chi connectivity index (χ4n) is 2.15. The molecule has 2 rings (SSSR count). The number of para-hydroxylation sites is 1. The van der Waals surface area contributed by atoms with Gasteiger partial charge >= 0.3 is 12.0 Å². The standard InChI is InChI=1S/C19H21N3O6S/c1-2-12-20-19(25)21-17(23)13-28-18(24)14-8-10-16(11-9-14)29(26,27)22-15-6-4-3-5-7-15/h3-11,22H,2,12-13H2,1H3,(H2,20,21,23,25). The smallest absolute Gasteiger partial charge is 0.338 e. The average Bonchev–Trinajstić information content (AvgIpc) is 2.71. The van der Waals surface area contributed by atoms with Crippen molar-refractivity contribution in [1.29, 1.82) is 0 Å². The van der Waals surface area contributed by atoms with Crippen LogP contribution in [0.25, 0.3) is 0 Å². The fraction of sp³-hybridized carbons (Fsp3) is 0.211. The highest BCUT2D eigenvalue weighted by atomic mass is 32.2. The Morgan fingerprint density at radius 3 is 2.24 bits per heavy atom. The van der Waals surface area contributed by atoms with E-state index in [1.807, 2.05) is 12.2 Å². The molecule has 0 aliphatic carbocycles. The largest absolute Gasteiger partial charge is 0.452 e. The second-order valence-corrected chi connectivity index (χ2v) is 7.56. The van der Waals surface area contributed by atoms with Crippen LogP contribution in [-0.4, -0.2) is 39.5 Å². The summed E-state index contributed by atoms with van der Waals surface area (Å²) in [4.78, 5) is 34.9. The van der Waals surface area contributed by atoms with Gasteiger partial charge < -0.3 is 10.1 Å². The normalized spacial score (nSPS) is 10.7. The van der Waals surface area contributed by atoms with E-state index in [2.05, 4.69) is 10.0 Å². The van der Waals surface area contributed by atoms with Gasteiger partial charge in [0.2, 0.25) is 0 Å². The second-order valence-electron chi connectivity index (χ2n) is 5.88. The summed E-state index contributed by atoms with van der Waals surface area (Å²) < 4.78 is 32.0. The zero-order valence-electron chi connectivity index (χ0n) is 15.7. The Morgan fingerprint density at radius 2 is 1.62 bits per heavy atom. The number of rotatable bonds is 8. The molecule has 0 aliphatic heterocycles. The molecule has 0 heterocycles. The number of sulfonamides is 1. The van der Waals surface area contributed by atoms with Crippen LogP contribution in [0.3, 0.4) is 0 Å². The first-order valence-corrected chi connectivity index (χ1v) is 10.2. The number of hydrogen-bond acceptors (Lipinski definition) is 6. The lowest BCUT2D eigenvalue weighted by molar-refractivity contribution is -0.123. The number of amides is 3. The van der Waals surface area contributed by atoms with Crippen molar-refractivity contribution in [2.75, 3.05) is 17.9 Å². The van der Waals surface area contributed by atoms with E-state index in [4.69, 9.17) is 4.74 Å². The van der Waals surface area contributed by atoms with Gasteiger partial charge in [-0.3, -0.25) is 14.8 Å². The van der Waals surface area contributed by atoms with Gasteiger partial charge in [0.1, 0.15) is 0 Å². The van der Waals surface area contributed by atoms with Crippen LogP contribution in [0.2, 0.25) is 0 Å². The Bertz CT molecular complexity index is 959. The van der Waals surface area contributed by atoms with Crippen LogP contribution in [0.1, 0.15) is 23.7 Å². The van der Waals surface area contributed by atoms with Crippen molar-refractivity contribution in [2.24, 2.45) is 0 Å². The molecular formula is C19H21N3O6S. The van der Waals surface area contributed by atoms with Crippen LogP contribution >= 0.6 is 0 Å². The lowest BCUT2D eigenvalue weighted by Gasteiger charge is -2.09. The zero-order chi connectivity index (χ0) is 21.3. The number of imide groups is 1. The first-order valence-electron chi connectivity index (χ1n) is 8.74. The molecule has 29 heavy (non-hydrogen) atoms. The number of hydrogen-bond donors (Lipinski definition) is 3. The van der Waals surface area contributed by atoms with Crippen LogP contribution in [0.15, 0.2) is 59.5 Å². The Hall–Kier alpha value is -3.40. The summed E-state index contributed by atoms with van der Waals surface area (Å²) in [7, 11) is -3.81. The van der Waals surface area contributed by atoms with Gasteiger partial charge in [-0.1, -0.05) is 25.1 Å². The molecular weight excluding hydrogens is 398 g/mol. The molecule has 2 aromatic rings. The van der Waals surface area contributed by atoms with E-state index in [1.54, 1.807) is 30.3 Å². The summed E-state index contributed by atoms with van der Waals surface area (Å²) >= 11 is 0. The van der Waals surface area contributed by atoms with E-state index < -0.39 is 34.5 Å². The Morgan fingerprint density at radius 1 is 0.966 bits per heavy atom. The first kappa shape index (κ1) is 21.9. The molecule has 3 amide bonds. The molecule has 0 bridgehead atoms. The molecule has 2 aromatic carbocycles. The highest BCUT2D eigenvalue weighted by Gasteiger charge is 2.16. The van der Waals surface area contributed by atoms with Crippen molar-refractivity contribution in [2.45, 2.75) is 18.2 Å². The van der Waals surface area contributed by atoms with Crippen LogP contribution in [0.5, 0.6) is 0 Å². The van der Waals surface area contributed by atoms with Gasteiger partial charge in [0.05, 0.1) is 10.5 Å². The quantitative estimate of drug-likeness (QED) is 0.560. The van der Waals surface area contributed by atoms with Gasteiger partial charge in [-0.2, -0.15) is 0 Å². The fourth-order valence-corrected chi connectivity index (χ4v) is 3.21. The molecule has 0 atom stereocenters. The number of benzene rings is 2. The van der Waals surface area contributed by atoms with E-state index in [9.17, 15) is 22.8 Å². The van der Waals surface area contributed by atoms with Crippen molar-refractivity contribution in [3.63, 3.8) is 0 Å². The maximum absolute atomic E-state index is 12.4. The van der Waals surface area contributed by atoms with Crippen LogP contribution in [-0.2, 0) is 19.6 Å². The van der Waals surface area contributed by atoms with Crippen molar-refractivity contribution in [1.82, 2.24) is 10.6 Å². The predicted molar refractivity (Wildman–Crippen MR) is 106 cm³/mol. The monoisotopic (exact) mass is 419 g/mol. The van der Waals surface area contributed by atoms with Gasteiger partial charge in [0, 0.05) is 12.2 Å². The van der Waals surface area contributed by atoms with Gasteiger partial charge in [0.15, 0.2) is 6.61 Å². The molecule has 154 valence electrons. The predicted octanol–water partition coefficient (Wildman–Crippen LogP) is 1.88. The third kappa shape index (κ3) is 6.92. The van der Waals surface area contributed by atoms with E-state index in [0.29, 0.717) is 18.7 Å². The molecule has 9 nitrogen and oxygen atoms in total. The molecule has 0 saturated carbocycles. The minimum Gasteiger partial charge on any atom is -0.452 e. The average molecular weight is 419 g/mol. The Labute approximate surface area is 168 Å². The number of anilines is 1. The third-order valence-electron chi connectivity index (χ3n) is 3.55. The molecule has 0 fully saturated rings. The van der Waals surface area contributed by atoms with E-state index in [0.717, 1.165) is 0 Å². The Balaban J connectivity index is 1.91. The summed E-state index contributed by atoms with van der Waals surface area (Å²) in [6.07, 6.45) is 0.711. The van der Waals surface area contributed by atoms with Crippen LogP contribution in [0.4, 0.5) is 10.5 Å². The number of carbonyl (C=O) groups is 3. The molecule has 0 unspecified atom stereocenters. The van der Waals surface area contributed by atoms with Gasteiger partial charge in [0.25, 0.3) is 15.9 Å². The summed E-state index contributed by atoms with van der Waals surface area (Å²) in [6.45, 7) is 1.62. The van der Waals surface area contributed by atoms with Crippen molar-refractivity contribution >= 4 is 33.6 Å². The third-order valence-corrected chi connectivity index (χ3v) is 4.95. The second kappa shape index (κ2) is 10.2. The summed E-state index contributed by atoms with van der Waals surface area (Å²) in [5, 5.41) is 4.47. The zero-order valence-corrected chi connectivity index (χ0v) is 16.5. The summed E-state index contributed by atoms with van der Waals surface area (Å²) in [6, 6.07) is 12.7. The van der Waals surface area contributed by atoms with E-state index in [1.165, 1.54) is 24.3 Å². The van der Waals surface area contributed by atoms with Crippen molar-refractivity contribution in [3.8, 4) is 0 Å². The highest BCUT2D eigenvalue weighted by molar-refractivity contribution is 7.92. The number of carbonyl (C=O) groups excluding carboxylic acids is 3.